The number of ether oxygens (including phenoxy) is 2. The van der Waals surface area contributed by atoms with E-state index < -0.39 is 10.1 Å². The van der Waals surface area contributed by atoms with Crippen molar-refractivity contribution in [1.29, 1.82) is 0 Å². The molecule has 0 saturated heterocycles. The van der Waals surface area contributed by atoms with E-state index in [2.05, 4.69) is 19.1 Å². The van der Waals surface area contributed by atoms with Gasteiger partial charge in [0.2, 0.25) is 0 Å². The molecule has 0 aliphatic rings. The highest BCUT2D eigenvalue weighted by Gasteiger charge is 2.13. The van der Waals surface area contributed by atoms with E-state index in [1.807, 2.05) is 36.4 Å². The Kier molecular flexibility index (Phi) is 13.0. The highest BCUT2D eigenvalue weighted by atomic mass is 32.2. The first-order valence-corrected chi connectivity index (χ1v) is 14.0. The zero-order valence-corrected chi connectivity index (χ0v) is 20.8. The summed E-state index contributed by atoms with van der Waals surface area (Å²) in [5.41, 5.74) is 2.00. The van der Waals surface area contributed by atoms with Gasteiger partial charge in [-0.1, -0.05) is 88.3 Å². The minimum Gasteiger partial charge on any atom is -0.493 e. The second-order valence-electron chi connectivity index (χ2n) is 8.51. The smallest absolute Gasteiger partial charge is 0.264 e. The second kappa shape index (κ2) is 15.7. The van der Waals surface area contributed by atoms with Crippen LogP contribution in [0.15, 0.2) is 48.5 Å². The van der Waals surface area contributed by atoms with E-state index >= 15 is 0 Å². The molecule has 0 radical (unpaired) electrons. The molecule has 33 heavy (non-hydrogen) atoms. The molecule has 2 aromatic carbocycles. The number of rotatable bonds is 18. The number of hydrogen-bond acceptors (Lipinski definition) is 4. The topological polar surface area (TPSA) is 72.8 Å². The summed E-state index contributed by atoms with van der Waals surface area (Å²) in [5.74, 6) is 1.39. The maximum Gasteiger partial charge on any atom is 0.264 e. The van der Waals surface area contributed by atoms with Crippen LogP contribution in [0.4, 0.5) is 0 Å². The molecule has 0 atom stereocenters. The maximum atomic E-state index is 10.8. The van der Waals surface area contributed by atoms with Crippen LogP contribution >= 0.6 is 0 Å². The van der Waals surface area contributed by atoms with Crippen molar-refractivity contribution in [3.63, 3.8) is 0 Å². The van der Waals surface area contributed by atoms with Crippen molar-refractivity contribution >= 4 is 10.1 Å². The molecule has 0 spiro atoms. The van der Waals surface area contributed by atoms with E-state index in [-0.39, 0.29) is 5.75 Å². The van der Waals surface area contributed by atoms with Crippen molar-refractivity contribution in [2.45, 2.75) is 77.6 Å². The average Bonchev–Trinajstić information content (AvgIpc) is 2.80. The Morgan fingerprint density at radius 3 is 1.73 bits per heavy atom. The highest BCUT2D eigenvalue weighted by molar-refractivity contribution is 7.85. The molecule has 0 saturated carbocycles. The lowest BCUT2D eigenvalue weighted by Gasteiger charge is -2.17. The van der Waals surface area contributed by atoms with E-state index in [1.54, 1.807) is 0 Å². The Morgan fingerprint density at radius 1 is 0.667 bits per heavy atom. The van der Waals surface area contributed by atoms with Gasteiger partial charge in [0.1, 0.15) is 11.5 Å². The van der Waals surface area contributed by atoms with Crippen molar-refractivity contribution in [1.82, 2.24) is 0 Å². The first-order chi connectivity index (χ1) is 16.0. The molecular weight excluding hydrogens is 436 g/mol. The van der Waals surface area contributed by atoms with Crippen LogP contribution in [0.3, 0.4) is 0 Å². The quantitative estimate of drug-likeness (QED) is 0.180. The standard InChI is InChI=1S/C27H40O5S/c1-2-3-4-5-6-7-8-13-21-31-25-19-16-20-26(27(25)24-17-11-9-12-18-24)32-22-14-10-15-23-33(28,29)30/h9,11-12,16-20H,2-8,10,13-15,21-23H2,1H3,(H,28,29,30). The monoisotopic (exact) mass is 476 g/mol. The zero-order valence-electron chi connectivity index (χ0n) is 20.0. The molecule has 2 rings (SSSR count). The summed E-state index contributed by atoms with van der Waals surface area (Å²) in [7, 11) is -3.89. The lowest BCUT2D eigenvalue weighted by atomic mass is 10.0. The molecule has 5 nitrogen and oxygen atoms in total. The van der Waals surface area contributed by atoms with Gasteiger partial charge in [-0.3, -0.25) is 4.55 Å². The van der Waals surface area contributed by atoms with Crippen LogP contribution < -0.4 is 9.47 Å². The van der Waals surface area contributed by atoms with Crippen LogP contribution in [0.5, 0.6) is 11.5 Å². The zero-order chi connectivity index (χ0) is 23.8. The SMILES string of the molecule is CCCCCCCCCCOc1cccc(OCCCCCS(=O)(=O)O)c1-c1ccccc1. The third-order valence-electron chi connectivity index (χ3n) is 5.61. The maximum absolute atomic E-state index is 10.8. The Hall–Kier alpha value is -2.05. The van der Waals surface area contributed by atoms with Gasteiger partial charge in [-0.25, -0.2) is 0 Å². The van der Waals surface area contributed by atoms with Gasteiger partial charge >= 0.3 is 0 Å². The third kappa shape index (κ3) is 11.6. The summed E-state index contributed by atoms with van der Waals surface area (Å²) in [6, 6.07) is 16.0. The molecule has 1 N–H and O–H groups in total. The number of hydrogen-bond donors (Lipinski definition) is 1. The molecule has 0 aliphatic carbocycles. The van der Waals surface area contributed by atoms with E-state index in [1.165, 1.54) is 44.9 Å². The summed E-state index contributed by atoms with van der Waals surface area (Å²) in [6.07, 6.45) is 11.9. The Morgan fingerprint density at radius 2 is 1.18 bits per heavy atom. The Bertz CT molecular complexity index is 881. The predicted octanol–water partition coefficient (Wildman–Crippen LogP) is 7.31. The lowest BCUT2D eigenvalue weighted by Crippen LogP contribution is -2.05. The first kappa shape index (κ1) is 27.2. The fraction of sp³-hybridized carbons (Fsp3) is 0.556. The molecule has 0 amide bonds. The molecule has 184 valence electrons. The van der Waals surface area contributed by atoms with Crippen molar-refractivity contribution in [3.05, 3.63) is 48.5 Å². The van der Waals surface area contributed by atoms with Gasteiger partial charge < -0.3 is 9.47 Å². The van der Waals surface area contributed by atoms with Crippen LogP contribution in [0, 0.1) is 0 Å². The fourth-order valence-corrected chi connectivity index (χ4v) is 4.37. The van der Waals surface area contributed by atoms with Gasteiger partial charge in [-0.05, 0) is 43.4 Å². The molecule has 0 aromatic heterocycles. The molecule has 0 unspecified atom stereocenters. The molecule has 2 aromatic rings. The minimum atomic E-state index is -3.89. The molecule has 0 heterocycles. The highest BCUT2D eigenvalue weighted by Crippen LogP contribution is 2.38. The molecular formula is C27H40O5S. The van der Waals surface area contributed by atoms with Crippen molar-refractivity contribution in [2.24, 2.45) is 0 Å². The summed E-state index contributed by atoms with van der Waals surface area (Å²) < 4.78 is 42.7. The third-order valence-corrected chi connectivity index (χ3v) is 6.41. The molecule has 0 bridgehead atoms. The van der Waals surface area contributed by atoms with E-state index in [4.69, 9.17) is 14.0 Å². The first-order valence-electron chi connectivity index (χ1n) is 12.4. The average molecular weight is 477 g/mol. The largest absolute Gasteiger partial charge is 0.493 e. The van der Waals surface area contributed by atoms with Gasteiger partial charge in [0.05, 0.1) is 24.5 Å². The van der Waals surface area contributed by atoms with Gasteiger partial charge in [0.15, 0.2) is 0 Å². The van der Waals surface area contributed by atoms with Crippen molar-refractivity contribution < 1.29 is 22.4 Å². The Labute approximate surface area is 200 Å². The summed E-state index contributed by atoms with van der Waals surface area (Å²) in [6.45, 7) is 3.41. The van der Waals surface area contributed by atoms with E-state index in [0.717, 1.165) is 29.0 Å². The van der Waals surface area contributed by atoms with Gasteiger partial charge in [-0.15, -0.1) is 0 Å². The van der Waals surface area contributed by atoms with E-state index in [0.29, 0.717) is 32.5 Å². The Balaban J connectivity index is 1.88. The number of benzene rings is 2. The molecule has 0 fully saturated rings. The van der Waals surface area contributed by atoms with E-state index in [9.17, 15) is 8.42 Å². The summed E-state index contributed by atoms with van der Waals surface area (Å²) in [5, 5.41) is 0. The van der Waals surface area contributed by atoms with Crippen molar-refractivity contribution in [2.75, 3.05) is 19.0 Å². The van der Waals surface area contributed by atoms with Crippen LogP contribution in [0.25, 0.3) is 11.1 Å². The molecule has 0 aliphatic heterocycles. The lowest BCUT2D eigenvalue weighted by molar-refractivity contribution is 0.292. The van der Waals surface area contributed by atoms with Gasteiger partial charge in [0, 0.05) is 0 Å². The predicted molar refractivity (Wildman–Crippen MR) is 136 cm³/mol. The second-order valence-corrected chi connectivity index (χ2v) is 10.1. The summed E-state index contributed by atoms with van der Waals surface area (Å²) >= 11 is 0. The van der Waals surface area contributed by atoms with Crippen LogP contribution in [-0.4, -0.2) is 31.9 Å². The van der Waals surface area contributed by atoms with Crippen molar-refractivity contribution in [3.8, 4) is 22.6 Å². The van der Waals surface area contributed by atoms with Crippen LogP contribution in [-0.2, 0) is 10.1 Å². The summed E-state index contributed by atoms with van der Waals surface area (Å²) in [4.78, 5) is 0. The molecule has 6 heteroatoms. The van der Waals surface area contributed by atoms with Crippen LogP contribution in [0.2, 0.25) is 0 Å². The fourth-order valence-electron chi connectivity index (χ4n) is 3.80. The normalized spacial score (nSPS) is 11.5. The van der Waals surface area contributed by atoms with Gasteiger partial charge in [-0.2, -0.15) is 8.42 Å². The van der Waals surface area contributed by atoms with Crippen LogP contribution in [0.1, 0.15) is 77.6 Å². The van der Waals surface area contributed by atoms with Gasteiger partial charge in [0.25, 0.3) is 10.1 Å². The number of unbranched alkanes of at least 4 members (excludes halogenated alkanes) is 9. The minimum absolute atomic E-state index is 0.204.